The number of amides is 1. The molecule has 0 aliphatic carbocycles. The molecule has 11 heteroatoms. The molecule has 1 saturated heterocycles. The van der Waals surface area contributed by atoms with Crippen molar-refractivity contribution in [3.8, 4) is 17.0 Å². The van der Waals surface area contributed by atoms with Gasteiger partial charge in [-0.2, -0.15) is 5.10 Å². The maximum absolute atomic E-state index is 14.0. The van der Waals surface area contributed by atoms with Gasteiger partial charge in [-0.1, -0.05) is 6.07 Å². The highest BCUT2D eigenvalue weighted by Gasteiger charge is 2.24. The van der Waals surface area contributed by atoms with Gasteiger partial charge in [0.1, 0.15) is 35.2 Å². The lowest BCUT2D eigenvalue weighted by Gasteiger charge is -2.23. The first kappa shape index (κ1) is 22.7. The first-order valence-corrected chi connectivity index (χ1v) is 11.1. The first-order chi connectivity index (χ1) is 17.0. The third-order valence-corrected chi connectivity index (χ3v) is 6.07. The number of fused-ring (bicyclic) bond motifs is 1. The number of rotatable bonds is 5. The molecule has 35 heavy (non-hydrogen) atoms. The molecule has 5 rings (SSSR count). The molecule has 3 heterocycles. The Morgan fingerprint density at radius 2 is 1.97 bits per heavy atom. The summed E-state index contributed by atoms with van der Waals surface area (Å²) in [7, 11) is 1.45. The van der Waals surface area contributed by atoms with Crippen LogP contribution in [0, 0.1) is 11.6 Å². The molecule has 4 aromatic rings. The Labute approximate surface area is 199 Å². The third-order valence-electron chi connectivity index (χ3n) is 6.07. The number of nitrogen functional groups attached to an aromatic ring is 1. The zero-order valence-corrected chi connectivity index (χ0v) is 18.9. The lowest BCUT2D eigenvalue weighted by molar-refractivity contribution is 0.102. The van der Waals surface area contributed by atoms with E-state index in [2.05, 4.69) is 20.6 Å². The van der Waals surface area contributed by atoms with Gasteiger partial charge in [0.15, 0.2) is 5.65 Å². The van der Waals surface area contributed by atoms with Gasteiger partial charge in [0, 0.05) is 11.6 Å². The van der Waals surface area contributed by atoms with Gasteiger partial charge in [0.25, 0.3) is 5.91 Å². The summed E-state index contributed by atoms with van der Waals surface area (Å²) in [5, 5.41) is 11.5. The first-order valence-electron chi connectivity index (χ1n) is 11.1. The van der Waals surface area contributed by atoms with Crippen LogP contribution in [0.15, 0.2) is 42.7 Å². The number of nitrogens with one attached hydrogen (secondary N) is 2. The van der Waals surface area contributed by atoms with E-state index < -0.39 is 17.5 Å². The molecule has 0 spiro atoms. The van der Waals surface area contributed by atoms with E-state index >= 15 is 0 Å². The van der Waals surface area contributed by atoms with Crippen LogP contribution < -0.4 is 21.1 Å². The van der Waals surface area contributed by atoms with Crippen molar-refractivity contribution in [1.29, 1.82) is 0 Å². The highest BCUT2D eigenvalue weighted by Crippen LogP contribution is 2.37. The van der Waals surface area contributed by atoms with Gasteiger partial charge in [0.2, 0.25) is 0 Å². The van der Waals surface area contributed by atoms with Crippen molar-refractivity contribution in [2.75, 3.05) is 31.2 Å². The van der Waals surface area contributed by atoms with Gasteiger partial charge < -0.3 is 21.1 Å². The fraction of sp³-hybridized carbons (Fsp3) is 0.250. The van der Waals surface area contributed by atoms with Crippen molar-refractivity contribution in [1.82, 2.24) is 25.1 Å². The molecule has 2 aromatic carbocycles. The SMILES string of the molecule is COc1cc(-c2nn(C3CCNCC3)c3ncnc(N)c23)ccc1NC(=O)c1ccc(F)cc1F. The molecule has 0 atom stereocenters. The van der Waals surface area contributed by atoms with Gasteiger partial charge in [-0.3, -0.25) is 4.79 Å². The van der Waals surface area contributed by atoms with Gasteiger partial charge in [-0.25, -0.2) is 23.4 Å². The van der Waals surface area contributed by atoms with Gasteiger partial charge in [-0.05, 0) is 50.2 Å². The van der Waals surface area contributed by atoms with Crippen LogP contribution in [0.1, 0.15) is 29.2 Å². The highest BCUT2D eigenvalue weighted by atomic mass is 19.1. The number of aromatic nitrogens is 4. The molecule has 1 amide bonds. The summed E-state index contributed by atoms with van der Waals surface area (Å²) in [5.74, 6) is -1.80. The molecule has 0 radical (unpaired) electrons. The Bertz CT molecular complexity index is 1420. The summed E-state index contributed by atoms with van der Waals surface area (Å²) in [4.78, 5) is 21.2. The van der Waals surface area contributed by atoms with Crippen molar-refractivity contribution >= 4 is 28.4 Å². The zero-order valence-electron chi connectivity index (χ0n) is 18.9. The van der Waals surface area contributed by atoms with Crippen molar-refractivity contribution < 1.29 is 18.3 Å². The number of carbonyl (C=O) groups is 1. The third kappa shape index (κ3) is 4.26. The normalized spacial score (nSPS) is 14.3. The number of anilines is 2. The van der Waals surface area contributed by atoms with Crippen LogP contribution in [0.5, 0.6) is 5.75 Å². The minimum absolute atomic E-state index is 0.174. The van der Waals surface area contributed by atoms with Crippen molar-refractivity contribution in [2.24, 2.45) is 0 Å². The summed E-state index contributed by atoms with van der Waals surface area (Å²) < 4.78 is 34.6. The number of nitrogens with zero attached hydrogens (tertiary/aromatic N) is 4. The van der Waals surface area contributed by atoms with Crippen molar-refractivity contribution in [2.45, 2.75) is 18.9 Å². The van der Waals surface area contributed by atoms with Crippen LogP contribution in [-0.4, -0.2) is 45.9 Å². The number of methoxy groups -OCH3 is 1. The summed E-state index contributed by atoms with van der Waals surface area (Å²) in [6.45, 7) is 1.78. The lowest BCUT2D eigenvalue weighted by atomic mass is 10.1. The molecule has 1 fully saturated rings. The fourth-order valence-corrected chi connectivity index (χ4v) is 4.31. The average Bonchev–Trinajstić information content (AvgIpc) is 3.26. The quantitative estimate of drug-likeness (QED) is 0.400. The summed E-state index contributed by atoms with van der Waals surface area (Å²) in [6, 6.07) is 8.03. The number of hydrogen-bond acceptors (Lipinski definition) is 7. The molecule has 1 aliphatic heterocycles. The lowest BCUT2D eigenvalue weighted by Crippen LogP contribution is -2.30. The molecule has 2 aromatic heterocycles. The Hall–Kier alpha value is -4.12. The second-order valence-electron chi connectivity index (χ2n) is 8.23. The maximum Gasteiger partial charge on any atom is 0.258 e. The second-order valence-corrected chi connectivity index (χ2v) is 8.23. The molecule has 9 nitrogen and oxygen atoms in total. The van der Waals surface area contributed by atoms with E-state index in [1.807, 2.05) is 4.68 Å². The van der Waals surface area contributed by atoms with Crippen LogP contribution in [0.25, 0.3) is 22.3 Å². The molecule has 0 unspecified atom stereocenters. The maximum atomic E-state index is 14.0. The minimum atomic E-state index is -0.955. The van der Waals surface area contributed by atoms with Gasteiger partial charge >= 0.3 is 0 Å². The van der Waals surface area contributed by atoms with Gasteiger partial charge in [0.05, 0.1) is 29.8 Å². The molecule has 0 saturated carbocycles. The molecular formula is C24H23F2N7O2. The Morgan fingerprint density at radius 3 is 2.71 bits per heavy atom. The molecule has 180 valence electrons. The summed E-state index contributed by atoms with van der Waals surface area (Å²) in [5.41, 5.74) is 8.20. The Morgan fingerprint density at radius 1 is 1.17 bits per heavy atom. The molecule has 4 N–H and O–H groups in total. The predicted octanol–water partition coefficient (Wildman–Crippen LogP) is 3.54. The highest BCUT2D eigenvalue weighted by molar-refractivity contribution is 6.05. The smallest absolute Gasteiger partial charge is 0.258 e. The fourth-order valence-electron chi connectivity index (χ4n) is 4.31. The van der Waals surface area contributed by atoms with E-state index in [4.69, 9.17) is 15.6 Å². The number of benzene rings is 2. The average molecular weight is 479 g/mol. The number of ether oxygens (including phenoxy) is 1. The van der Waals surface area contributed by atoms with E-state index in [1.54, 1.807) is 18.2 Å². The second kappa shape index (κ2) is 9.26. The molecule has 1 aliphatic rings. The summed E-state index contributed by atoms with van der Waals surface area (Å²) >= 11 is 0. The van der Waals surface area contributed by atoms with Crippen molar-refractivity contribution in [3.63, 3.8) is 0 Å². The van der Waals surface area contributed by atoms with E-state index in [0.717, 1.165) is 38.1 Å². The molecular weight excluding hydrogens is 456 g/mol. The number of piperidine rings is 1. The zero-order chi connectivity index (χ0) is 24.5. The van der Waals surface area contributed by atoms with Crippen LogP contribution in [0.3, 0.4) is 0 Å². The number of hydrogen-bond donors (Lipinski definition) is 3. The number of halogens is 2. The topological polar surface area (TPSA) is 120 Å². The molecule has 0 bridgehead atoms. The number of carbonyl (C=O) groups excluding carboxylic acids is 1. The van der Waals surface area contributed by atoms with Crippen molar-refractivity contribution in [3.05, 3.63) is 59.9 Å². The van der Waals surface area contributed by atoms with Crippen LogP contribution in [0.4, 0.5) is 20.3 Å². The van der Waals surface area contributed by atoms with Crippen LogP contribution in [-0.2, 0) is 0 Å². The largest absolute Gasteiger partial charge is 0.495 e. The summed E-state index contributed by atoms with van der Waals surface area (Å²) in [6.07, 6.45) is 3.25. The van der Waals surface area contributed by atoms with E-state index in [-0.39, 0.29) is 11.6 Å². The monoisotopic (exact) mass is 479 g/mol. The minimum Gasteiger partial charge on any atom is -0.495 e. The Kier molecular flexibility index (Phi) is 6.00. The van der Waals surface area contributed by atoms with E-state index in [1.165, 1.54) is 13.4 Å². The predicted molar refractivity (Wildman–Crippen MR) is 127 cm³/mol. The van der Waals surface area contributed by atoms with E-state index in [9.17, 15) is 13.6 Å². The Balaban J connectivity index is 1.52. The number of nitrogens with two attached hydrogens (primary N) is 1. The van der Waals surface area contributed by atoms with Gasteiger partial charge in [-0.15, -0.1) is 0 Å². The van der Waals surface area contributed by atoms with Crippen LogP contribution >= 0.6 is 0 Å². The van der Waals surface area contributed by atoms with E-state index in [0.29, 0.717) is 45.6 Å². The standard InChI is InChI=1S/C24H23F2N7O2/c1-35-19-10-13(2-5-18(19)31-24(34)16-4-3-14(25)11-17(16)26)21-20-22(27)29-12-30-23(20)33(32-21)15-6-8-28-9-7-15/h2-5,10-12,15,28H,6-9H2,1H3,(H,31,34)(H2,27,29,30). The van der Waals surface area contributed by atoms with Crippen LogP contribution in [0.2, 0.25) is 0 Å².